The zero-order valence-electron chi connectivity index (χ0n) is 18.1. The number of carbonyl (C=O) groups excluding carboxylic acids is 1. The Morgan fingerprint density at radius 3 is 2.27 bits per heavy atom. The molecule has 0 amide bonds. The van der Waals surface area contributed by atoms with Crippen LogP contribution in [0.15, 0.2) is 11.6 Å². The minimum atomic E-state index is -1.66. The van der Waals surface area contributed by atoms with Crippen LogP contribution in [0.2, 0.25) is 18.1 Å². The van der Waals surface area contributed by atoms with Crippen molar-refractivity contribution in [1.82, 2.24) is 0 Å². The maximum absolute atomic E-state index is 11.8. The van der Waals surface area contributed by atoms with Gasteiger partial charge in [0.15, 0.2) is 5.78 Å². The lowest BCUT2D eigenvalue weighted by Gasteiger charge is -2.32. The van der Waals surface area contributed by atoms with Crippen molar-refractivity contribution < 1.29 is 9.90 Å². The molecule has 1 N–H and O–H groups in total. The third kappa shape index (κ3) is 7.14. The smallest absolute Gasteiger partial charge is 0.157 e. The fourth-order valence-corrected chi connectivity index (χ4v) is 3.73. The Labute approximate surface area is 161 Å². The van der Waals surface area contributed by atoms with Crippen molar-refractivity contribution in [3.63, 3.8) is 0 Å². The van der Waals surface area contributed by atoms with E-state index in [1.54, 1.807) is 6.08 Å². The number of hydrogen-bond donors (Lipinski definition) is 1. The highest BCUT2D eigenvalue weighted by Crippen LogP contribution is 2.36. The summed E-state index contributed by atoms with van der Waals surface area (Å²) in [6, 6.07) is 0. The van der Waals surface area contributed by atoms with Gasteiger partial charge in [0.05, 0.1) is 0 Å². The minimum absolute atomic E-state index is 0.0469. The van der Waals surface area contributed by atoms with Gasteiger partial charge in [0.25, 0.3) is 0 Å². The summed E-state index contributed by atoms with van der Waals surface area (Å²) >= 11 is 0. The van der Waals surface area contributed by atoms with Crippen molar-refractivity contribution in [2.24, 2.45) is 10.8 Å². The van der Waals surface area contributed by atoms with Crippen LogP contribution in [0.3, 0.4) is 0 Å². The summed E-state index contributed by atoms with van der Waals surface area (Å²) in [5.41, 5.74) is 4.03. The monoisotopic (exact) mass is 372 g/mol. The molecule has 0 aromatic carbocycles. The highest BCUT2D eigenvalue weighted by atomic mass is 28.3. The van der Waals surface area contributed by atoms with E-state index in [9.17, 15) is 9.90 Å². The van der Waals surface area contributed by atoms with Gasteiger partial charge >= 0.3 is 0 Å². The molecule has 1 aliphatic rings. The average Bonchev–Trinajstić information content (AvgIpc) is 2.39. The first-order chi connectivity index (χ1) is 11.5. The van der Waals surface area contributed by atoms with Gasteiger partial charge in [-0.25, -0.2) is 0 Å². The summed E-state index contributed by atoms with van der Waals surface area (Å²) in [4.78, 5) is 11.8. The summed E-state index contributed by atoms with van der Waals surface area (Å²) in [6.07, 6.45) is 2.75. The molecular formula is C23H36O2Si. The van der Waals surface area contributed by atoms with E-state index >= 15 is 0 Å². The van der Waals surface area contributed by atoms with E-state index in [0.29, 0.717) is 12.8 Å². The van der Waals surface area contributed by atoms with Crippen LogP contribution in [0.1, 0.15) is 67.7 Å². The molecule has 0 spiro atoms. The summed E-state index contributed by atoms with van der Waals surface area (Å²) < 4.78 is 0. The van der Waals surface area contributed by atoms with Gasteiger partial charge in [0, 0.05) is 23.8 Å². The highest BCUT2D eigenvalue weighted by Gasteiger charge is 2.34. The van der Waals surface area contributed by atoms with E-state index < -0.39 is 14.2 Å². The van der Waals surface area contributed by atoms with Gasteiger partial charge in [-0.3, -0.25) is 4.79 Å². The molecule has 3 heteroatoms. The first kappa shape index (κ1) is 22.7. The van der Waals surface area contributed by atoms with Gasteiger partial charge < -0.3 is 5.11 Å². The van der Waals surface area contributed by atoms with Gasteiger partial charge in [-0.1, -0.05) is 59.6 Å². The molecule has 0 heterocycles. The normalized spacial score (nSPS) is 18.8. The maximum Gasteiger partial charge on any atom is 0.157 e. The van der Waals surface area contributed by atoms with Gasteiger partial charge in [-0.15, -0.1) is 11.5 Å². The fraction of sp³-hybridized carbons (Fsp3) is 0.696. The van der Waals surface area contributed by atoms with E-state index in [1.807, 2.05) is 0 Å². The molecule has 26 heavy (non-hydrogen) atoms. The Kier molecular flexibility index (Phi) is 6.78. The Morgan fingerprint density at radius 2 is 1.77 bits per heavy atom. The number of carbonyl (C=O) groups is 1. The summed E-state index contributed by atoms with van der Waals surface area (Å²) in [5, 5.41) is 10.6. The second-order valence-corrected chi connectivity index (χ2v) is 15.7. The lowest BCUT2D eigenvalue weighted by atomic mass is 9.77. The van der Waals surface area contributed by atoms with Crippen LogP contribution in [-0.4, -0.2) is 25.1 Å². The standard InChI is InChI=1S/C23H36O2Si/c1-21(2,3)26(8,9)13-12-22(4,5)16-19(24)11-10-18-14-20(25)17-23(6,7)15-18/h14,19,24H,15-17H2,1-9H3. The number of rotatable bonds is 2. The molecule has 1 aliphatic carbocycles. The van der Waals surface area contributed by atoms with Crippen LogP contribution in [-0.2, 0) is 4.79 Å². The van der Waals surface area contributed by atoms with Gasteiger partial charge in [-0.2, -0.15) is 0 Å². The highest BCUT2D eigenvalue weighted by molar-refractivity contribution is 6.87. The third-order valence-electron chi connectivity index (χ3n) is 5.35. The SMILES string of the molecule is CC(C)(C#C[Si](C)(C)C(C)(C)C)CC(O)C#CC1=CC(=O)CC(C)(C)C1. The zero-order valence-corrected chi connectivity index (χ0v) is 19.1. The lowest BCUT2D eigenvalue weighted by Crippen LogP contribution is -2.36. The summed E-state index contributed by atoms with van der Waals surface area (Å²) in [5.74, 6) is 9.49. The van der Waals surface area contributed by atoms with Crippen molar-refractivity contribution in [2.45, 2.75) is 92.0 Å². The maximum atomic E-state index is 11.8. The zero-order chi connectivity index (χ0) is 20.4. The molecule has 0 bridgehead atoms. The number of ketones is 1. The van der Waals surface area contributed by atoms with E-state index in [-0.39, 0.29) is 21.7 Å². The van der Waals surface area contributed by atoms with Crippen LogP contribution >= 0.6 is 0 Å². The topological polar surface area (TPSA) is 37.3 Å². The van der Waals surface area contributed by atoms with E-state index in [0.717, 1.165) is 12.0 Å². The predicted molar refractivity (Wildman–Crippen MR) is 113 cm³/mol. The second kappa shape index (κ2) is 7.75. The van der Waals surface area contributed by atoms with Gasteiger partial charge in [0.1, 0.15) is 14.2 Å². The molecule has 0 radical (unpaired) electrons. The molecule has 0 saturated heterocycles. The Hall–Kier alpha value is -1.29. The average molecular weight is 373 g/mol. The van der Waals surface area contributed by atoms with Crippen molar-refractivity contribution in [3.8, 4) is 23.3 Å². The largest absolute Gasteiger partial charge is 0.380 e. The van der Waals surface area contributed by atoms with Crippen molar-refractivity contribution in [2.75, 3.05) is 0 Å². The van der Waals surface area contributed by atoms with Gasteiger partial charge in [0.2, 0.25) is 0 Å². The quantitative estimate of drug-likeness (QED) is 0.539. The Balaban J connectivity index is 2.83. The molecule has 0 aliphatic heterocycles. The van der Waals surface area contributed by atoms with Crippen LogP contribution < -0.4 is 0 Å². The number of aliphatic hydroxyl groups is 1. The van der Waals surface area contributed by atoms with Crippen LogP contribution in [0.5, 0.6) is 0 Å². The van der Waals surface area contributed by atoms with Gasteiger partial charge in [-0.05, 0) is 36.8 Å². The molecule has 0 fully saturated rings. The molecule has 1 rings (SSSR count). The number of hydrogen-bond acceptors (Lipinski definition) is 2. The van der Waals surface area contributed by atoms with Crippen LogP contribution in [0.4, 0.5) is 0 Å². The molecular weight excluding hydrogens is 336 g/mol. The predicted octanol–water partition coefficient (Wildman–Crippen LogP) is 5.13. The minimum Gasteiger partial charge on any atom is -0.380 e. The lowest BCUT2D eigenvalue weighted by molar-refractivity contribution is -0.116. The van der Waals surface area contributed by atoms with Crippen molar-refractivity contribution in [3.05, 3.63) is 11.6 Å². The number of allylic oxidation sites excluding steroid dienone is 2. The fourth-order valence-electron chi connectivity index (χ4n) is 2.70. The van der Waals surface area contributed by atoms with Crippen molar-refractivity contribution in [1.29, 1.82) is 0 Å². The van der Waals surface area contributed by atoms with Crippen LogP contribution in [0.25, 0.3) is 0 Å². The Bertz CT molecular complexity index is 694. The molecule has 0 saturated carbocycles. The molecule has 144 valence electrons. The first-order valence-corrected chi connectivity index (χ1v) is 12.5. The van der Waals surface area contributed by atoms with Crippen molar-refractivity contribution >= 4 is 13.9 Å². The first-order valence-electron chi connectivity index (χ1n) is 9.50. The molecule has 0 aromatic rings. The molecule has 1 unspecified atom stereocenters. The second-order valence-electron chi connectivity index (χ2n) is 10.7. The molecule has 1 atom stereocenters. The van der Waals surface area contributed by atoms with Crippen LogP contribution in [0, 0.1) is 34.1 Å². The molecule has 2 nitrogen and oxygen atoms in total. The van der Waals surface area contributed by atoms with E-state index in [2.05, 4.69) is 84.9 Å². The van der Waals surface area contributed by atoms with E-state index in [4.69, 9.17) is 0 Å². The number of aliphatic hydroxyl groups excluding tert-OH is 1. The Morgan fingerprint density at radius 1 is 1.19 bits per heavy atom. The summed E-state index contributed by atoms with van der Waals surface area (Å²) in [7, 11) is -1.66. The summed E-state index contributed by atoms with van der Waals surface area (Å²) in [6.45, 7) is 19.6. The third-order valence-corrected chi connectivity index (χ3v) is 9.85. The molecule has 0 aromatic heterocycles. The van der Waals surface area contributed by atoms with E-state index in [1.165, 1.54) is 0 Å².